The quantitative estimate of drug-likeness (QED) is 0.784. The van der Waals surface area contributed by atoms with E-state index in [1.165, 1.54) is 0 Å². The van der Waals surface area contributed by atoms with Gasteiger partial charge in [0.25, 0.3) is 0 Å². The zero-order chi connectivity index (χ0) is 19.7. The van der Waals surface area contributed by atoms with Crippen LogP contribution in [0.4, 0.5) is 0 Å². The Bertz CT molecular complexity index is 784. The molecule has 8 heteroatoms. The number of fused-ring (bicyclic) bond motifs is 1. The number of rotatable bonds is 3. The minimum atomic E-state index is -0.949. The average molecular weight is 427 g/mol. The summed E-state index contributed by atoms with van der Waals surface area (Å²) in [5.74, 6) is 0. The summed E-state index contributed by atoms with van der Waals surface area (Å²) < 4.78 is 23.7. The minimum Gasteiger partial charge on any atom is -0.394 e. The molecule has 2 fully saturated rings. The van der Waals surface area contributed by atoms with Crippen molar-refractivity contribution in [1.82, 2.24) is 0 Å². The molecule has 2 aliphatic rings. The van der Waals surface area contributed by atoms with Gasteiger partial charge in [-0.25, -0.2) is 0 Å². The number of ether oxygens (including phenoxy) is 4. The molecule has 0 amide bonds. The first-order valence-corrected chi connectivity index (χ1v) is 9.68. The molecule has 28 heavy (non-hydrogen) atoms. The third kappa shape index (κ3) is 4.20. The van der Waals surface area contributed by atoms with E-state index in [4.69, 9.17) is 42.1 Å². The molecule has 2 aromatic carbocycles. The number of hydrogen-bond donors (Lipinski definition) is 2. The Kier molecular flexibility index (Phi) is 6.20. The van der Waals surface area contributed by atoms with Crippen molar-refractivity contribution < 1.29 is 29.2 Å². The topological polar surface area (TPSA) is 77.4 Å². The number of halogens is 2. The average Bonchev–Trinajstić information content (AvgIpc) is 3.13. The molecule has 0 aliphatic carbocycles. The molecule has 150 valence electrons. The molecule has 2 N–H and O–H groups in total. The van der Waals surface area contributed by atoms with Crippen LogP contribution >= 0.6 is 23.2 Å². The van der Waals surface area contributed by atoms with Gasteiger partial charge in [-0.1, -0.05) is 47.5 Å². The molecule has 6 nitrogen and oxygen atoms in total. The van der Waals surface area contributed by atoms with Crippen molar-refractivity contribution in [2.24, 2.45) is 0 Å². The molecule has 2 aliphatic heterocycles. The van der Waals surface area contributed by atoms with Gasteiger partial charge in [0.05, 0.1) is 13.2 Å². The molecule has 0 aromatic heterocycles. The van der Waals surface area contributed by atoms with Gasteiger partial charge in [0.15, 0.2) is 12.6 Å². The highest BCUT2D eigenvalue weighted by atomic mass is 35.5. The van der Waals surface area contributed by atoms with Gasteiger partial charge in [0.1, 0.15) is 24.4 Å². The van der Waals surface area contributed by atoms with Crippen LogP contribution in [0.5, 0.6) is 0 Å². The molecular formula is C20H20Cl2O6. The Morgan fingerprint density at radius 1 is 0.786 bits per heavy atom. The van der Waals surface area contributed by atoms with Crippen molar-refractivity contribution in [3.05, 3.63) is 69.7 Å². The summed E-state index contributed by atoms with van der Waals surface area (Å²) in [5.41, 5.74) is 1.48. The van der Waals surface area contributed by atoms with E-state index in [-0.39, 0.29) is 13.2 Å². The van der Waals surface area contributed by atoms with Crippen LogP contribution in [0, 0.1) is 0 Å². The highest BCUT2D eigenvalue weighted by Crippen LogP contribution is 2.38. The lowest BCUT2D eigenvalue weighted by molar-refractivity contribution is -0.239. The van der Waals surface area contributed by atoms with Crippen molar-refractivity contribution in [3.8, 4) is 0 Å². The molecule has 4 rings (SSSR count). The largest absolute Gasteiger partial charge is 0.394 e. The van der Waals surface area contributed by atoms with Crippen LogP contribution in [0.3, 0.4) is 0 Å². The molecule has 0 bridgehead atoms. The van der Waals surface area contributed by atoms with Crippen LogP contribution in [0.2, 0.25) is 10.0 Å². The van der Waals surface area contributed by atoms with Gasteiger partial charge in [-0.3, -0.25) is 0 Å². The lowest BCUT2D eigenvalue weighted by Crippen LogP contribution is -2.49. The van der Waals surface area contributed by atoms with Crippen LogP contribution in [0.1, 0.15) is 23.7 Å². The van der Waals surface area contributed by atoms with Crippen LogP contribution in [0.15, 0.2) is 48.5 Å². The Labute approximate surface area is 172 Å². The highest BCUT2D eigenvalue weighted by molar-refractivity contribution is 6.30. The first-order valence-electron chi connectivity index (χ1n) is 8.93. The van der Waals surface area contributed by atoms with Gasteiger partial charge in [-0.15, -0.1) is 0 Å². The van der Waals surface area contributed by atoms with Gasteiger partial charge in [-0.05, 0) is 24.3 Å². The molecule has 0 saturated carbocycles. The Hall–Kier alpha value is -1.22. The Morgan fingerprint density at radius 2 is 1.32 bits per heavy atom. The van der Waals surface area contributed by atoms with Crippen LogP contribution in [-0.2, 0) is 18.9 Å². The number of aliphatic hydroxyl groups excluding tert-OH is 2. The molecule has 6 atom stereocenters. The maximum atomic E-state index is 10.6. The zero-order valence-electron chi connectivity index (χ0n) is 14.8. The molecule has 2 heterocycles. The molecule has 2 aromatic rings. The summed E-state index contributed by atoms with van der Waals surface area (Å²) in [6.07, 6.45) is -4.55. The van der Waals surface area contributed by atoms with E-state index >= 15 is 0 Å². The monoisotopic (exact) mass is 426 g/mol. The molecule has 0 radical (unpaired) electrons. The lowest BCUT2D eigenvalue weighted by Gasteiger charge is -2.34. The first kappa shape index (κ1) is 20.1. The van der Waals surface area contributed by atoms with E-state index in [1.807, 2.05) is 0 Å². The SMILES string of the molecule is OC[C@@H]1OC(c2ccc(Cl)cc2)OC[C@@H](O)[C@H]2OC(c3ccc(Cl)cc3)O[C@@H]21. The summed E-state index contributed by atoms with van der Waals surface area (Å²) in [6, 6.07) is 14.0. The standard InChI is InChI=1S/C20H20Cl2O6/c21-13-5-1-11(2-6-13)19-25-10-15(24)17-18(16(9-23)26-19)28-20(27-17)12-3-7-14(22)8-4-12/h1-8,15-20,23-24H,9-10H2/t15-,16+,17-,18-,19?,20?/m1/s1. The third-order valence-electron chi connectivity index (χ3n) is 4.81. The summed E-state index contributed by atoms with van der Waals surface area (Å²) in [4.78, 5) is 0. The third-order valence-corrected chi connectivity index (χ3v) is 5.32. The van der Waals surface area contributed by atoms with Crippen molar-refractivity contribution in [1.29, 1.82) is 0 Å². The lowest BCUT2D eigenvalue weighted by atomic mass is 10.0. The number of hydrogen-bond acceptors (Lipinski definition) is 6. The molecule has 2 saturated heterocycles. The smallest absolute Gasteiger partial charge is 0.184 e. The molecule has 2 unspecified atom stereocenters. The fourth-order valence-corrected chi connectivity index (χ4v) is 3.61. The first-order chi connectivity index (χ1) is 13.5. The van der Waals surface area contributed by atoms with E-state index in [9.17, 15) is 10.2 Å². The fraction of sp³-hybridized carbons (Fsp3) is 0.400. The Balaban J connectivity index is 1.56. The maximum Gasteiger partial charge on any atom is 0.184 e. The predicted octanol–water partition coefficient (Wildman–Crippen LogP) is 3.24. The van der Waals surface area contributed by atoms with Gasteiger partial charge in [0.2, 0.25) is 0 Å². The summed E-state index contributed by atoms with van der Waals surface area (Å²) >= 11 is 11.9. The van der Waals surface area contributed by atoms with Crippen molar-refractivity contribution in [2.75, 3.05) is 13.2 Å². The maximum absolute atomic E-state index is 10.6. The Morgan fingerprint density at radius 3 is 1.89 bits per heavy atom. The number of aliphatic hydroxyl groups is 2. The second kappa shape index (κ2) is 8.65. The van der Waals surface area contributed by atoms with Gasteiger partial charge in [0, 0.05) is 21.2 Å². The van der Waals surface area contributed by atoms with Gasteiger partial charge >= 0.3 is 0 Å². The van der Waals surface area contributed by atoms with E-state index in [2.05, 4.69) is 0 Å². The molecular weight excluding hydrogens is 407 g/mol. The summed E-state index contributed by atoms with van der Waals surface area (Å²) in [5, 5.41) is 21.7. The van der Waals surface area contributed by atoms with Gasteiger partial charge in [-0.2, -0.15) is 0 Å². The van der Waals surface area contributed by atoms with Crippen molar-refractivity contribution in [3.63, 3.8) is 0 Å². The van der Waals surface area contributed by atoms with E-state index in [0.29, 0.717) is 10.0 Å². The second-order valence-corrected chi connectivity index (χ2v) is 7.60. The van der Waals surface area contributed by atoms with E-state index in [1.54, 1.807) is 48.5 Å². The van der Waals surface area contributed by atoms with Crippen LogP contribution < -0.4 is 0 Å². The zero-order valence-corrected chi connectivity index (χ0v) is 16.3. The van der Waals surface area contributed by atoms with Crippen LogP contribution in [-0.4, -0.2) is 47.8 Å². The predicted molar refractivity (Wildman–Crippen MR) is 102 cm³/mol. The van der Waals surface area contributed by atoms with E-state index in [0.717, 1.165) is 11.1 Å². The highest BCUT2D eigenvalue weighted by Gasteiger charge is 2.47. The van der Waals surface area contributed by atoms with E-state index < -0.39 is 37.0 Å². The van der Waals surface area contributed by atoms with Crippen molar-refractivity contribution in [2.45, 2.75) is 37.0 Å². The van der Waals surface area contributed by atoms with Crippen molar-refractivity contribution >= 4 is 23.2 Å². The minimum absolute atomic E-state index is 0.0106. The summed E-state index contributed by atoms with van der Waals surface area (Å²) in [7, 11) is 0. The number of benzene rings is 2. The van der Waals surface area contributed by atoms with Gasteiger partial charge < -0.3 is 29.2 Å². The molecule has 0 spiro atoms. The second-order valence-electron chi connectivity index (χ2n) is 6.73. The fourth-order valence-electron chi connectivity index (χ4n) is 3.36. The normalized spacial score (nSPS) is 33.1. The summed E-state index contributed by atoms with van der Waals surface area (Å²) in [6.45, 7) is -0.332. The van der Waals surface area contributed by atoms with Crippen LogP contribution in [0.25, 0.3) is 0 Å².